The van der Waals surface area contributed by atoms with Gasteiger partial charge in [0, 0.05) is 18.0 Å². The normalized spacial score (nSPS) is 28.1. The molecule has 10 nitrogen and oxygen atoms in total. The molecule has 41 heavy (non-hydrogen) atoms. The molecular weight excluding hydrogens is 522 g/mol. The highest BCUT2D eigenvalue weighted by Gasteiger charge is 2.70. The molecule has 0 aromatic heterocycles. The molecule has 0 unspecified atom stereocenters. The van der Waals surface area contributed by atoms with E-state index in [-0.39, 0.29) is 59.5 Å². The molecular formula is C31H41N5O5. The number of amides is 4. The Morgan fingerprint density at radius 3 is 2.44 bits per heavy atom. The minimum atomic E-state index is -0.926. The number of benzene rings is 1. The fourth-order valence-corrected chi connectivity index (χ4v) is 6.85. The first-order valence-corrected chi connectivity index (χ1v) is 14.6. The molecule has 0 radical (unpaired) electrons. The number of rotatable bonds is 8. The Morgan fingerprint density at radius 1 is 1.17 bits per heavy atom. The molecule has 1 aromatic rings. The molecule has 4 amide bonds. The third-order valence-electron chi connectivity index (χ3n) is 9.59. The van der Waals surface area contributed by atoms with Crippen molar-refractivity contribution in [1.29, 1.82) is 5.26 Å². The van der Waals surface area contributed by atoms with Gasteiger partial charge in [-0.1, -0.05) is 65.0 Å². The fourth-order valence-electron chi connectivity index (χ4n) is 6.85. The van der Waals surface area contributed by atoms with Crippen LogP contribution in [0.5, 0.6) is 0 Å². The molecule has 220 valence electrons. The molecule has 3 N–H and O–H groups in total. The minimum absolute atomic E-state index is 0.0547. The van der Waals surface area contributed by atoms with Gasteiger partial charge in [0.1, 0.15) is 24.7 Å². The minimum Gasteiger partial charge on any atom is -0.445 e. The van der Waals surface area contributed by atoms with Crippen molar-refractivity contribution in [3.05, 3.63) is 35.9 Å². The van der Waals surface area contributed by atoms with Crippen LogP contribution in [-0.2, 0) is 25.7 Å². The summed E-state index contributed by atoms with van der Waals surface area (Å²) in [6.07, 6.45) is 2.14. The van der Waals surface area contributed by atoms with Crippen LogP contribution < -0.4 is 16.0 Å². The summed E-state index contributed by atoms with van der Waals surface area (Å²) in [5.41, 5.74) is -0.0581. The molecule has 2 aliphatic carbocycles. The van der Waals surface area contributed by atoms with Crippen molar-refractivity contribution in [1.82, 2.24) is 20.9 Å². The number of ether oxygens (including phenoxy) is 1. The van der Waals surface area contributed by atoms with E-state index in [0.717, 1.165) is 18.4 Å². The summed E-state index contributed by atoms with van der Waals surface area (Å²) >= 11 is 0. The molecule has 10 heteroatoms. The van der Waals surface area contributed by atoms with E-state index in [1.807, 2.05) is 51.1 Å². The van der Waals surface area contributed by atoms with Gasteiger partial charge in [-0.3, -0.25) is 14.4 Å². The molecule has 4 aliphatic rings. The lowest BCUT2D eigenvalue weighted by atomic mass is 9.85. The SMILES string of the molecule is CC(C)(C)[C@H](NC(=O)OCc1ccccc1)C(=O)N1C[C@H]2[C@@H]([C@H]1C(=O)N[C@H](C#N)C[C@@H]1CC3(CC3)NC1=O)C2(C)C. The van der Waals surface area contributed by atoms with Crippen molar-refractivity contribution in [3.8, 4) is 6.07 Å². The van der Waals surface area contributed by atoms with Gasteiger partial charge >= 0.3 is 6.09 Å². The van der Waals surface area contributed by atoms with Crippen LogP contribution in [0.3, 0.4) is 0 Å². The van der Waals surface area contributed by atoms with Gasteiger partial charge in [-0.05, 0) is 53.9 Å². The quantitative estimate of drug-likeness (QED) is 0.444. The average molecular weight is 564 g/mol. The molecule has 0 bridgehead atoms. The van der Waals surface area contributed by atoms with Crippen LogP contribution in [0.2, 0.25) is 0 Å². The standard InChI is InChI=1S/C31H41N5O5/c1-29(2,3)24(34-28(40)41-17-18-9-7-6-8-10-18)27(39)36-16-21-22(30(21,4)5)23(36)26(38)33-20(15-32)13-19-14-31(11-12-31)35-25(19)37/h6-10,19-24H,11-14,16-17H2,1-5H3,(H,33,38)(H,34,40)(H,35,37)/t19-,20+,21+,22+,23+,24-/m1/s1. The lowest BCUT2D eigenvalue weighted by molar-refractivity contribution is -0.144. The van der Waals surface area contributed by atoms with Crippen molar-refractivity contribution in [2.24, 2.45) is 28.6 Å². The van der Waals surface area contributed by atoms with Crippen LogP contribution in [-0.4, -0.2) is 58.9 Å². The van der Waals surface area contributed by atoms with E-state index in [1.54, 1.807) is 4.90 Å². The zero-order valence-corrected chi connectivity index (χ0v) is 24.5. The number of nitrogens with zero attached hydrogens (tertiary/aromatic N) is 2. The molecule has 2 aliphatic heterocycles. The van der Waals surface area contributed by atoms with Crippen LogP contribution in [0.1, 0.15) is 65.9 Å². The van der Waals surface area contributed by atoms with Gasteiger partial charge in [-0.15, -0.1) is 0 Å². The largest absolute Gasteiger partial charge is 0.445 e. The van der Waals surface area contributed by atoms with E-state index in [1.165, 1.54) is 0 Å². The summed E-state index contributed by atoms with van der Waals surface area (Å²) in [6, 6.07) is 8.90. The number of alkyl carbamates (subject to hydrolysis) is 1. The Bertz CT molecular complexity index is 1260. The molecule has 2 heterocycles. The van der Waals surface area contributed by atoms with Gasteiger partial charge in [0.15, 0.2) is 0 Å². The number of piperidine rings is 1. The first-order valence-electron chi connectivity index (χ1n) is 14.6. The van der Waals surface area contributed by atoms with E-state index >= 15 is 0 Å². The lowest BCUT2D eigenvalue weighted by Gasteiger charge is -2.37. The molecule has 2 saturated heterocycles. The predicted molar refractivity (Wildman–Crippen MR) is 150 cm³/mol. The predicted octanol–water partition coefficient (Wildman–Crippen LogP) is 2.88. The topological polar surface area (TPSA) is 141 Å². The highest BCUT2D eigenvalue weighted by molar-refractivity contribution is 5.93. The van der Waals surface area contributed by atoms with E-state index < -0.39 is 29.6 Å². The van der Waals surface area contributed by atoms with Crippen molar-refractivity contribution in [2.75, 3.05) is 6.54 Å². The summed E-state index contributed by atoms with van der Waals surface area (Å²) in [5.74, 6) is -1.02. The van der Waals surface area contributed by atoms with Gasteiger partial charge < -0.3 is 25.6 Å². The first-order chi connectivity index (χ1) is 19.3. The molecule has 6 atom stereocenters. The second-order valence-corrected chi connectivity index (χ2v) is 14.0. The Balaban J connectivity index is 1.27. The van der Waals surface area contributed by atoms with Crippen LogP contribution in [0.4, 0.5) is 4.79 Å². The Labute approximate surface area is 241 Å². The van der Waals surface area contributed by atoms with E-state index in [9.17, 15) is 24.4 Å². The summed E-state index contributed by atoms with van der Waals surface area (Å²) < 4.78 is 5.39. The molecule has 1 aromatic carbocycles. The zero-order chi connectivity index (χ0) is 29.7. The van der Waals surface area contributed by atoms with Crippen molar-refractivity contribution < 1.29 is 23.9 Å². The van der Waals surface area contributed by atoms with Gasteiger partial charge in [-0.25, -0.2) is 4.79 Å². The maximum absolute atomic E-state index is 14.0. The molecule has 2 saturated carbocycles. The van der Waals surface area contributed by atoms with Crippen molar-refractivity contribution >= 4 is 23.8 Å². The average Bonchev–Trinajstić information content (AvgIpc) is 3.63. The monoisotopic (exact) mass is 563 g/mol. The van der Waals surface area contributed by atoms with Gasteiger partial charge in [0.25, 0.3) is 0 Å². The van der Waals surface area contributed by atoms with Gasteiger partial charge in [0.2, 0.25) is 17.7 Å². The highest BCUT2D eigenvalue weighted by Crippen LogP contribution is 2.65. The van der Waals surface area contributed by atoms with E-state index in [0.29, 0.717) is 13.0 Å². The molecule has 4 fully saturated rings. The molecule has 1 spiro atoms. The smallest absolute Gasteiger partial charge is 0.408 e. The zero-order valence-electron chi connectivity index (χ0n) is 24.5. The maximum Gasteiger partial charge on any atom is 0.408 e. The Hall–Kier alpha value is -3.61. The van der Waals surface area contributed by atoms with Crippen LogP contribution in [0.15, 0.2) is 30.3 Å². The summed E-state index contributed by atoms with van der Waals surface area (Å²) in [7, 11) is 0. The number of nitrogens with one attached hydrogen (secondary N) is 3. The lowest BCUT2D eigenvalue weighted by Crippen LogP contribution is -2.59. The first kappa shape index (κ1) is 28.9. The van der Waals surface area contributed by atoms with Crippen molar-refractivity contribution in [2.45, 2.75) is 90.6 Å². The Morgan fingerprint density at radius 2 is 1.85 bits per heavy atom. The fraction of sp³-hybridized carbons (Fsp3) is 0.645. The second-order valence-electron chi connectivity index (χ2n) is 14.0. The maximum atomic E-state index is 14.0. The Kier molecular flexibility index (Phi) is 7.29. The third-order valence-corrected chi connectivity index (χ3v) is 9.59. The number of carbonyl (C=O) groups is 4. The number of likely N-dealkylation sites (tertiary alicyclic amines) is 1. The van der Waals surface area contributed by atoms with Crippen molar-refractivity contribution in [3.63, 3.8) is 0 Å². The van der Waals surface area contributed by atoms with E-state index in [4.69, 9.17) is 4.74 Å². The number of nitriles is 1. The number of carbonyl (C=O) groups excluding carboxylic acids is 4. The summed E-state index contributed by atoms with van der Waals surface area (Å²) in [6.45, 7) is 10.2. The highest BCUT2D eigenvalue weighted by atomic mass is 16.5. The number of fused-ring (bicyclic) bond motifs is 1. The van der Waals surface area contributed by atoms with Crippen LogP contribution in [0, 0.1) is 39.9 Å². The number of hydrogen-bond donors (Lipinski definition) is 3. The van der Waals surface area contributed by atoms with Crippen LogP contribution >= 0.6 is 0 Å². The van der Waals surface area contributed by atoms with Crippen LogP contribution in [0.25, 0.3) is 0 Å². The van der Waals surface area contributed by atoms with Gasteiger partial charge in [-0.2, -0.15) is 5.26 Å². The third kappa shape index (κ3) is 5.77. The summed E-state index contributed by atoms with van der Waals surface area (Å²) in [4.78, 5) is 54.5. The summed E-state index contributed by atoms with van der Waals surface area (Å²) in [5, 5.41) is 18.5. The molecule has 5 rings (SSSR count). The number of hydrogen-bond acceptors (Lipinski definition) is 6. The second kappa shape index (κ2) is 10.3. The van der Waals surface area contributed by atoms with E-state index in [2.05, 4.69) is 35.9 Å². The van der Waals surface area contributed by atoms with Gasteiger partial charge in [0.05, 0.1) is 6.07 Å².